The van der Waals surface area contributed by atoms with E-state index in [1.807, 2.05) is 30.3 Å². The van der Waals surface area contributed by atoms with Gasteiger partial charge in [0.2, 0.25) is 5.78 Å². The molecule has 3 aromatic rings. The van der Waals surface area contributed by atoms with Crippen molar-refractivity contribution < 1.29 is 24.9 Å². The molecule has 1 aliphatic heterocycles. The number of phenols is 3. The molecule has 0 radical (unpaired) electrons. The number of allylic oxidation sites excluding steroid dienone is 1. The number of Topliss-reactive ketones (excluding diaryl/α,β-unsaturated/α-hetero) is 1. The number of carbonyl (C=O) groups excluding carboxylic acids is 1. The lowest BCUT2D eigenvalue weighted by Gasteiger charge is -2.10. The van der Waals surface area contributed by atoms with Crippen molar-refractivity contribution in [3.8, 4) is 23.0 Å². The molecule has 1 heterocycles. The standard InChI is InChI=1S/C22H17NO5/c23-14-6-7-16(24)13(9-14)10-19-22(27)20-18(28-19)11-17(25)15(21(20)26)8-12-4-2-1-3-5-12/h1-7,9-11,24-26H,8,23H2/b19-10-. The monoisotopic (exact) mass is 375 g/mol. The molecule has 0 atom stereocenters. The number of aromatic hydroxyl groups is 3. The van der Waals surface area contributed by atoms with Gasteiger partial charge < -0.3 is 25.8 Å². The van der Waals surface area contributed by atoms with Crippen LogP contribution in [0.15, 0.2) is 60.4 Å². The highest BCUT2D eigenvalue weighted by atomic mass is 16.5. The van der Waals surface area contributed by atoms with E-state index in [-0.39, 0.29) is 46.3 Å². The highest BCUT2D eigenvalue weighted by Gasteiger charge is 2.33. The van der Waals surface area contributed by atoms with E-state index in [1.54, 1.807) is 0 Å². The van der Waals surface area contributed by atoms with Crippen molar-refractivity contribution in [3.05, 3.63) is 82.6 Å². The van der Waals surface area contributed by atoms with Crippen LogP contribution in [-0.2, 0) is 6.42 Å². The van der Waals surface area contributed by atoms with E-state index in [4.69, 9.17) is 10.5 Å². The van der Waals surface area contributed by atoms with Crippen molar-refractivity contribution in [2.75, 3.05) is 5.73 Å². The van der Waals surface area contributed by atoms with E-state index >= 15 is 0 Å². The molecule has 0 amide bonds. The quantitative estimate of drug-likeness (QED) is 0.316. The van der Waals surface area contributed by atoms with Crippen LogP contribution in [0.4, 0.5) is 5.69 Å². The number of ether oxygens (including phenoxy) is 1. The van der Waals surface area contributed by atoms with Crippen molar-refractivity contribution in [2.45, 2.75) is 6.42 Å². The van der Waals surface area contributed by atoms with Crippen LogP contribution in [0.25, 0.3) is 6.08 Å². The lowest BCUT2D eigenvalue weighted by molar-refractivity contribution is 0.101. The molecule has 6 heteroatoms. The van der Waals surface area contributed by atoms with Gasteiger partial charge in [0.25, 0.3) is 0 Å². The molecule has 5 N–H and O–H groups in total. The Bertz CT molecular complexity index is 1120. The Morgan fingerprint density at radius 3 is 2.46 bits per heavy atom. The van der Waals surface area contributed by atoms with Crippen LogP contribution in [0.2, 0.25) is 0 Å². The molecular formula is C22H17NO5. The highest BCUT2D eigenvalue weighted by Crippen LogP contribution is 2.45. The summed E-state index contributed by atoms with van der Waals surface area (Å²) in [6.07, 6.45) is 1.61. The lowest BCUT2D eigenvalue weighted by atomic mass is 9.98. The first kappa shape index (κ1) is 17.5. The average Bonchev–Trinajstić information content (AvgIpc) is 2.98. The van der Waals surface area contributed by atoms with Crippen LogP contribution >= 0.6 is 0 Å². The summed E-state index contributed by atoms with van der Waals surface area (Å²) in [5, 5.41) is 30.9. The number of fused-ring (bicyclic) bond motifs is 1. The van der Waals surface area contributed by atoms with Crippen molar-refractivity contribution in [3.63, 3.8) is 0 Å². The van der Waals surface area contributed by atoms with Gasteiger partial charge in [0, 0.05) is 29.3 Å². The number of hydrogen-bond acceptors (Lipinski definition) is 6. The number of ketones is 1. The lowest BCUT2D eigenvalue weighted by Crippen LogP contribution is -2.00. The minimum absolute atomic E-state index is 0.0154. The summed E-state index contributed by atoms with van der Waals surface area (Å²) in [4.78, 5) is 12.8. The van der Waals surface area contributed by atoms with Crippen molar-refractivity contribution in [1.82, 2.24) is 0 Å². The van der Waals surface area contributed by atoms with E-state index in [9.17, 15) is 20.1 Å². The molecule has 0 saturated heterocycles. The molecule has 3 aromatic carbocycles. The second-order valence-electron chi connectivity index (χ2n) is 6.52. The second-order valence-corrected chi connectivity index (χ2v) is 6.52. The van der Waals surface area contributed by atoms with Gasteiger partial charge in [-0.05, 0) is 29.8 Å². The third-order valence-corrected chi connectivity index (χ3v) is 4.58. The summed E-state index contributed by atoms with van der Waals surface area (Å²) in [7, 11) is 0. The van der Waals surface area contributed by atoms with Gasteiger partial charge >= 0.3 is 0 Å². The maximum atomic E-state index is 12.8. The summed E-state index contributed by atoms with van der Waals surface area (Å²) in [5.41, 5.74) is 7.55. The van der Waals surface area contributed by atoms with Crippen LogP contribution in [0.3, 0.4) is 0 Å². The van der Waals surface area contributed by atoms with Crippen LogP contribution in [0.1, 0.15) is 27.0 Å². The summed E-state index contributed by atoms with van der Waals surface area (Å²) < 4.78 is 5.52. The Labute approximate surface area is 160 Å². The predicted octanol–water partition coefficient (Wildman–Crippen LogP) is 3.59. The van der Waals surface area contributed by atoms with Gasteiger partial charge in [-0.25, -0.2) is 0 Å². The molecule has 4 rings (SSSR count). The van der Waals surface area contributed by atoms with E-state index < -0.39 is 5.78 Å². The fourth-order valence-corrected chi connectivity index (χ4v) is 3.16. The smallest absolute Gasteiger partial charge is 0.235 e. The molecule has 28 heavy (non-hydrogen) atoms. The summed E-state index contributed by atoms with van der Waals surface area (Å²) in [6, 6.07) is 15.0. The predicted molar refractivity (Wildman–Crippen MR) is 104 cm³/mol. The Morgan fingerprint density at radius 1 is 0.964 bits per heavy atom. The molecule has 0 aromatic heterocycles. The number of rotatable bonds is 3. The second kappa shape index (κ2) is 6.66. The van der Waals surface area contributed by atoms with E-state index in [0.717, 1.165) is 5.56 Å². The van der Waals surface area contributed by atoms with E-state index in [1.165, 1.54) is 30.3 Å². The van der Waals surface area contributed by atoms with Crippen LogP contribution in [0, 0.1) is 0 Å². The molecule has 0 fully saturated rings. The van der Waals surface area contributed by atoms with Gasteiger partial charge in [-0.15, -0.1) is 0 Å². The van der Waals surface area contributed by atoms with Crippen molar-refractivity contribution in [1.29, 1.82) is 0 Å². The first-order valence-corrected chi connectivity index (χ1v) is 8.58. The van der Waals surface area contributed by atoms with E-state index in [0.29, 0.717) is 11.3 Å². The fourth-order valence-electron chi connectivity index (χ4n) is 3.16. The molecule has 140 valence electrons. The van der Waals surface area contributed by atoms with Gasteiger partial charge in [-0.1, -0.05) is 30.3 Å². The average molecular weight is 375 g/mol. The number of carbonyl (C=O) groups is 1. The SMILES string of the molecule is Nc1ccc(O)c(/C=C2\Oc3cc(O)c(Cc4ccccc4)c(O)c3C2=O)c1. The number of hydrogen-bond donors (Lipinski definition) is 4. The van der Waals surface area contributed by atoms with Gasteiger partial charge in [0.1, 0.15) is 28.6 Å². The number of anilines is 1. The minimum Gasteiger partial charge on any atom is -0.507 e. The molecule has 0 bridgehead atoms. The maximum Gasteiger partial charge on any atom is 0.235 e. The van der Waals surface area contributed by atoms with Crippen LogP contribution < -0.4 is 10.5 Å². The van der Waals surface area contributed by atoms with E-state index in [2.05, 4.69) is 0 Å². The Balaban J connectivity index is 1.74. The first-order valence-electron chi connectivity index (χ1n) is 8.58. The zero-order valence-electron chi connectivity index (χ0n) is 14.7. The maximum absolute atomic E-state index is 12.8. The minimum atomic E-state index is -0.538. The van der Waals surface area contributed by atoms with Gasteiger partial charge in [0.15, 0.2) is 5.76 Å². The topological polar surface area (TPSA) is 113 Å². The third-order valence-electron chi connectivity index (χ3n) is 4.58. The van der Waals surface area contributed by atoms with Crippen molar-refractivity contribution >= 4 is 17.5 Å². The first-order chi connectivity index (χ1) is 13.4. The molecule has 1 aliphatic rings. The Kier molecular flexibility index (Phi) is 4.16. The highest BCUT2D eigenvalue weighted by molar-refractivity contribution is 6.16. The fraction of sp³-hybridized carbons (Fsp3) is 0.0455. The summed E-state index contributed by atoms with van der Waals surface area (Å²) in [6.45, 7) is 0. The summed E-state index contributed by atoms with van der Waals surface area (Å²) >= 11 is 0. The number of nitrogen functional groups attached to an aromatic ring is 1. The third kappa shape index (κ3) is 3.01. The van der Waals surface area contributed by atoms with Crippen molar-refractivity contribution in [2.24, 2.45) is 0 Å². The van der Waals surface area contributed by atoms with Crippen LogP contribution in [0.5, 0.6) is 23.0 Å². The molecular weight excluding hydrogens is 358 g/mol. The number of nitrogens with two attached hydrogens (primary N) is 1. The number of phenolic OH excluding ortho intramolecular Hbond substituents is 3. The largest absolute Gasteiger partial charge is 0.507 e. The number of benzene rings is 3. The molecule has 6 nitrogen and oxygen atoms in total. The zero-order chi connectivity index (χ0) is 19.8. The molecule has 0 unspecified atom stereocenters. The van der Waals surface area contributed by atoms with Gasteiger partial charge in [-0.2, -0.15) is 0 Å². The van der Waals surface area contributed by atoms with Gasteiger partial charge in [-0.3, -0.25) is 4.79 Å². The normalized spacial score (nSPS) is 14.1. The summed E-state index contributed by atoms with van der Waals surface area (Å²) in [5.74, 6) is -1.10. The van der Waals surface area contributed by atoms with Crippen LogP contribution in [-0.4, -0.2) is 21.1 Å². The van der Waals surface area contributed by atoms with Gasteiger partial charge in [0.05, 0.1) is 0 Å². The molecule has 0 spiro atoms. The molecule has 0 aliphatic carbocycles. The Morgan fingerprint density at radius 2 is 1.71 bits per heavy atom. The zero-order valence-corrected chi connectivity index (χ0v) is 14.7. The molecule has 0 saturated carbocycles. The Hall–Kier alpha value is -3.93.